The van der Waals surface area contributed by atoms with Crippen LogP contribution in [-0.2, 0) is 16.1 Å². The third-order valence-corrected chi connectivity index (χ3v) is 5.48. The lowest BCUT2D eigenvalue weighted by atomic mass is 10.1. The van der Waals surface area contributed by atoms with Crippen LogP contribution in [0.5, 0.6) is 11.5 Å². The summed E-state index contributed by atoms with van der Waals surface area (Å²) in [5.41, 5.74) is 4.28. The third kappa shape index (κ3) is 4.50. The molecule has 34 heavy (non-hydrogen) atoms. The zero-order valence-electron chi connectivity index (χ0n) is 18.9. The summed E-state index contributed by atoms with van der Waals surface area (Å²) in [4.78, 5) is 41.6. The predicted octanol–water partition coefficient (Wildman–Crippen LogP) is 1.91. The molecule has 0 spiro atoms. The molecule has 2 aliphatic rings. The standard InChI is InChI=1S/C23H24FN5O5/c1-27-12-18-21(26-27)22(31)29(11-14-4-6-15(24)7-5-14)23(32)28(18)13-20(30)25-17-10-16(33-2)8-9-19(17)34-3/h4-10,12,21,26H,11,13H2,1-3H3,(H,25,30). The predicted molar refractivity (Wildman–Crippen MR) is 120 cm³/mol. The summed E-state index contributed by atoms with van der Waals surface area (Å²) in [5.74, 6) is -0.436. The van der Waals surface area contributed by atoms with Crippen molar-refractivity contribution in [3.63, 3.8) is 0 Å². The van der Waals surface area contributed by atoms with Gasteiger partial charge in [0.2, 0.25) is 5.91 Å². The van der Waals surface area contributed by atoms with Crippen molar-refractivity contribution in [1.82, 2.24) is 20.2 Å². The molecule has 2 aliphatic heterocycles. The van der Waals surface area contributed by atoms with Gasteiger partial charge >= 0.3 is 6.03 Å². The molecule has 178 valence electrons. The van der Waals surface area contributed by atoms with Crippen molar-refractivity contribution in [1.29, 1.82) is 0 Å². The van der Waals surface area contributed by atoms with Gasteiger partial charge in [0.05, 0.1) is 32.1 Å². The number of rotatable bonds is 7. The molecule has 0 radical (unpaired) electrons. The van der Waals surface area contributed by atoms with E-state index in [1.807, 2.05) is 0 Å². The topological polar surface area (TPSA) is 103 Å². The number of methoxy groups -OCH3 is 2. The SMILES string of the molecule is COc1ccc(OC)c(NC(=O)CN2C(=O)N(Cc3ccc(F)cc3)C(=O)C3NN(C)C=C32)c1. The molecular weight excluding hydrogens is 445 g/mol. The molecule has 2 heterocycles. The Morgan fingerprint density at radius 3 is 2.50 bits per heavy atom. The van der Waals surface area contributed by atoms with E-state index in [0.717, 1.165) is 4.90 Å². The van der Waals surface area contributed by atoms with Crippen molar-refractivity contribution in [2.75, 3.05) is 33.1 Å². The summed E-state index contributed by atoms with van der Waals surface area (Å²) in [7, 11) is 4.66. The van der Waals surface area contributed by atoms with Crippen LogP contribution < -0.4 is 20.2 Å². The van der Waals surface area contributed by atoms with Crippen LogP contribution in [0.2, 0.25) is 0 Å². The van der Waals surface area contributed by atoms with E-state index in [9.17, 15) is 18.8 Å². The first-order valence-electron chi connectivity index (χ1n) is 10.4. The Morgan fingerprint density at radius 2 is 1.82 bits per heavy atom. The minimum Gasteiger partial charge on any atom is -0.497 e. The lowest BCUT2D eigenvalue weighted by molar-refractivity contribution is -0.133. The maximum absolute atomic E-state index is 13.3. The van der Waals surface area contributed by atoms with Crippen LogP contribution >= 0.6 is 0 Å². The van der Waals surface area contributed by atoms with Gasteiger partial charge in [-0.1, -0.05) is 12.1 Å². The lowest BCUT2D eigenvalue weighted by Gasteiger charge is -2.37. The van der Waals surface area contributed by atoms with E-state index in [1.165, 1.54) is 43.4 Å². The smallest absolute Gasteiger partial charge is 0.331 e. The van der Waals surface area contributed by atoms with Gasteiger partial charge in [-0.15, -0.1) is 0 Å². The van der Waals surface area contributed by atoms with Crippen LogP contribution in [0, 0.1) is 5.82 Å². The minimum atomic E-state index is -0.831. The van der Waals surface area contributed by atoms with Crippen molar-refractivity contribution < 1.29 is 28.2 Å². The van der Waals surface area contributed by atoms with Gasteiger partial charge in [0, 0.05) is 19.3 Å². The maximum Gasteiger partial charge on any atom is 0.331 e. The number of urea groups is 1. The summed E-state index contributed by atoms with van der Waals surface area (Å²) in [6.07, 6.45) is 1.59. The number of fused-ring (bicyclic) bond motifs is 1. The fraction of sp³-hybridized carbons (Fsp3) is 0.261. The zero-order chi connectivity index (χ0) is 24.4. The third-order valence-electron chi connectivity index (χ3n) is 5.48. The molecule has 0 aromatic heterocycles. The zero-order valence-corrected chi connectivity index (χ0v) is 18.9. The Hall–Kier alpha value is -4.12. The van der Waals surface area contributed by atoms with E-state index >= 15 is 0 Å². The first-order valence-corrected chi connectivity index (χ1v) is 10.4. The van der Waals surface area contributed by atoms with E-state index in [-0.39, 0.29) is 13.1 Å². The van der Waals surface area contributed by atoms with Gasteiger partial charge in [0.15, 0.2) is 0 Å². The van der Waals surface area contributed by atoms with Crippen LogP contribution in [0.25, 0.3) is 0 Å². The van der Waals surface area contributed by atoms with Gasteiger partial charge in [-0.2, -0.15) is 0 Å². The molecule has 10 nitrogen and oxygen atoms in total. The quantitative estimate of drug-likeness (QED) is 0.639. The molecule has 0 aliphatic carbocycles. The number of halogens is 1. The number of nitrogens with zero attached hydrogens (tertiary/aromatic N) is 3. The number of carbonyl (C=O) groups excluding carboxylic acids is 3. The van der Waals surface area contributed by atoms with E-state index in [4.69, 9.17) is 9.47 Å². The number of ether oxygens (including phenoxy) is 2. The maximum atomic E-state index is 13.3. The number of amides is 4. The Kier molecular flexibility index (Phi) is 6.37. The molecule has 2 aromatic rings. The van der Waals surface area contributed by atoms with Crippen molar-refractivity contribution in [2.45, 2.75) is 12.6 Å². The van der Waals surface area contributed by atoms with Gasteiger partial charge in [-0.05, 0) is 29.8 Å². The largest absolute Gasteiger partial charge is 0.497 e. The summed E-state index contributed by atoms with van der Waals surface area (Å²) in [6, 6.07) is 8.98. The van der Waals surface area contributed by atoms with Crippen molar-refractivity contribution in [3.05, 3.63) is 65.7 Å². The molecule has 4 rings (SSSR count). The van der Waals surface area contributed by atoms with Crippen molar-refractivity contribution in [2.24, 2.45) is 0 Å². The molecule has 1 fully saturated rings. The molecule has 1 saturated heterocycles. The molecule has 0 saturated carbocycles. The number of anilines is 1. The summed E-state index contributed by atoms with van der Waals surface area (Å²) in [6.45, 7) is -0.404. The van der Waals surface area contributed by atoms with Crippen molar-refractivity contribution in [3.8, 4) is 11.5 Å². The van der Waals surface area contributed by atoms with E-state index in [0.29, 0.717) is 28.4 Å². The fourth-order valence-corrected chi connectivity index (χ4v) is 3.82. The number of nitrogens with one attached hydrogen (secondary N) is 2. The highest BCUT2D eigenvalue weighted by Crippen LogP contribution is 2.30. The lowest BCUT2D eigenvalue weighted by Crippen LogP contribution is -2.60. The van der Waals surface area contributed by atoms with Gasteiger partial charge in [-0.3, -0.25) is 19.4 Å². The second-order valence-electron chi connectivity index (χ2n) is 7.76. The minimum absolute atomic E-state index is 0.0606. The van der Waals surface area contributed by atoms with E-state index < -0.39 is 29.7 Å². The second-order valence-corrected chi connectivity index (χ2v) is 7.76. The Bertz CT molecular complexity index is 1150. The molecular formula is C23H24FN5O5. The number of hydrogen-bond donors (Lipinski definition) is 2. The number of hydrazine groups is 1. The second kappa shape index (κ2) is 9.40. The average molecular weight is 469 g/mol. The molecule has 1 atom stereocenters. The molecule has 0 bridgehead atoms. The highest BCUT2D eigenvalue weighted by atomic mass is 19.1. The van der Waals surface area contributed by atoms with Gasteiger partial charge in [0.1, 0.15) is 29.9 Å². The molecule has 1 unspecified atom stereocenters. The molecule has 4 amide bonds. The Morgan fingerprint density at radius 1 is 1.09 bits per heavy atom. The fourth-order valence-electron chi connectivity index (χ4n) is 3.82. The normalized spacial score (nSPS) is 17.5. The van der Waals surface area contributed by atoms with Crippen LogP contribution in [0.4, 0.5) is 14.9 Å². The van der Waals surface area contributed by atoms with Crippen LogP contribution in [0.3, 0.4) is 0 Å². The number of imide groups is 1. The van der Waals surface area contributed by atoms with Gasteiger partial charge in [-0.25, -0.2) is 14.6 Å². The summed E-state index contributed by atoms with van der Waals surface area (Å²) in [5, 5.41) is 4.29. The van der Waals surface area contributed by atoms with Gasteiger partial charge in [0.25, 0.3) is 5.91 Å². The average Bonchev–Trinajstić information content (AvgIpc) is 3.22. The Balaban J connectivity index is 1.57. The highest BCUT2D eigenvalue weighted by molar-refractivity contribution is 6.05. The van der Waals surface area contributed by atoms with E-state index in [1.54, 1.807) is 36.5 Å². The Labute approximate surface area is 195 Å². The summed E-state index contributed by atoms with van der Waals surface area (Å²) < 4.78 is 23.8. The van der Waals surface area contributed by atoms with E-state index in [2.05, 4.69) is 10.7 Å². The number of carbonyl (C=O) groups is 3. The monoisotopic (exact) mass is 469 g/mol. The van der Waals surface area contributed by atoms with Gasteiger partial charge < -0.3 is 19.8 Å². The van der Waals surface area contributed by atoms with Crippen LogP contribution in [0.1, 0.15) is 5.56 Å². The van der Waals surface area contributed by atoms with Crippen molar-refractivity contribution >= 4 is 23.5 Å². The highest BCUT2D eigenvalue weighted by Gasteiger charge is 2.46. The molecule has 2 N–H and O–H groups in total. The first kappa shape index (κ1) is 23.1. The number of hydrogen-bond acceptors (Lipinski definition) is 7. The van der Waals surface area contributed by atoms with Crippen LogP contribution in [-0.4, -0.2) is 66.5 Å². The molecule has 2 aromatic carbocycles. The molecule has 11 heteroatoms. The number of benzene rings is 2. The summed E-state index contributed by atoms with van der Waals surface area (Å²) >= 11 is 0. The first-order chi connectivity index (χ1) is 16.3. The van der Waals surface area contributed by atoms with Crippen LogP contribution in [0.15, 0.2) is 54.4 Å².